The van der Waals surface area contributed by atoms with E-state index in [1.165, 1.54) is 0 Å². The maximum Gasteiger partial charge on any atom is 0.240 e. The fraction of sp³-hybridized carbons (Fsp3) is 0.500. The highest BCUT2D eigenvalue weighted by molar-refractivity contribution is 5.83. The van der Waals surface area contributed by atoms with Crippen molar-refractivity contribution in [2.24, 2.45) is 5.73 Å². The number of nitrogens with zero attached hydrogens (tertiary/aromatic N) is 2. The third-order valence-corrected chi connectivity index (χ3v) is 3.07. The highest BCUT2D eigenvalue weighted by atomic mass is 16.1. The Morgan fingerprint density at radius 1 is 1.65 bits per heavy atom. The fourth-order valence-electron chi connectivity index (χ4n) is 2.23. The molecule has 0 radical (unpaired) electrons. The highest BCUT2D eigenvalue weighted by Gasteiger charge is 2.29. The van der Waals surface area contributed by atoms with Gasteiger partial charge in [0.25, 0.3) is 0 Å². The molecule has 2 heterocycles. The van der Waals surface area contributed by atoms with Crippen LogP contribution in [-0.4, -0.2) is 30.5 Å². The van der Waals surface area contributed by atoms with E-state index in [4.69, 9.17) is 5.73 Å². The Labute approximate surface area is 101 Å². The lowest BCUT2D eigenvalue weighted by molar-refractivity contribution is -0.119. The Kier molecular flexibility index (Phi) is 3.58. The number of nitrogens with one attached hydrogen (secondary N) is 1. The van der Waals surface area contributed by atoms with Gasteiger partial charge in [-0.3, -0.25) is 4.79 Å². The molecule has 1 aromatic rings. The van der Waals surface area contributed by atoms with E-state index in [9.17, 15) is 4.79 Å². The van der Waals surface area contributed by atoms with Crippen LogP contribution in [0.4, 0.5) is 5.82 Å². The van der Waals surface area contributed by atoms with Gasteiger partial charge in [-0.1, -0.05) is 6.07 Å². The van der Waals surface area contributed by atoms with Crippen molar-refractivity contribution in [1.29, 1.82) is 0 Å². The van der Waals surface area contributed by atoms with E-state index in [1.807, 2.05) is 30.3 Å². The molecule has 5 heteroatoms. The number of pyridine rings is 1. The number of carbonyl (C=O) groups is 1. The summed E-state index contributed by atoms with van der Waals surface area (Å²) in [7, 11) is 1.90. The van der Waals surface area contributed by atoms with Crippen molar-refractivity contribution in [3.05, 3.63) is 23.9 Å². The van der Waals surface area contributed by atoms with Crippen molar-refractivity contribution in [3.63, 3.8) is 0 Å². The van der Waals surface area contributed by atoms with Crippen LogP contribution < -0.4 is 16.0 Å². The molecule has 3 N–H and O–H groups in total. The van der Waals surface area contributed by atoms with E-state index >= 15 is 0 Å². The lowest BCUT2D eigenvalue weighted by Crippen LogP contribution is -2.40. The molecular formula is C12H18N4O. The number of hydrogen-bond acceptors (Lipinski definition) is 4. The minimum absolute atomic E-state index is 0.197. The molecule has 1 aliphatic heterocycles. The number of hydrogen-bond donors (Lipinski definition) is 2. The third kappa shape index (κ3) is 2.55. The van der Waals surface area contributed by atoms with Crippen LogP contribution in [0.1, 0.15) is 18.4 Å². The van der Waals surface area contributed by atoms with E-state index in [2.05, 4.69) is 10.3 Å². The van der Waals surface area contributed by atoms with Gasteiger partial charge in [-0.25, -0.2) is 4.98 Å². The topological polar surface area (TPSA) is 71.2 Å². The molecule has 17 heavy (non-hydrogen) atoms. The van der Waals surface area contributed by atoms with E-state index in [1.54, 1.807) is 0 Å². The Hall–Kier alpha value is -1.62. The number of aromatic nitrogens is 1. The van der Waals surface area contributed by atoms with Gasteiger partial charge >= 0.3 is 0 Å². The van der Waals surface area contributed by atoms with Crippen LogP contribution in [0.3, 0.4) is 0 Å². The first-order valence-electron chi connectivity index (χ1n) is 5.88. The van der Waals surface area contributed by atoms with Gasteiger partial charge in [0.2, 0.25) is 5.91 Å². The van der Waals surface area contributed by atoms with Gasteiger partial charge in [0, 0.05) is 19.3 Å². The van der Waals surface area contributed by atoms with Gasteiger partial charge in [-0.2, -0.15) is 0 Å². The van der Waals surface area contributed by atoms with Crippen molar-refractivity contribution >= 4 is 11.7 Å². The Morgan fingerprint density at radius 3 is 3.06 bits per heavy atom. The van der Waals surface area contributed by atoms with Crippen LogP contribution in [0.25, 0.3) is 0 Å². The zero-order valence-corrected chi connectivity index (χ0v) is 10.0. The second kappa shape index (κ2) is 5.14. The normalized spacial score (nSPS) is 19.6. The molecule has 1 saturated heterocycles. The van der Waals surface area contributed by atoms with Crippen molar-refractivity contribution in [3.8, 4) is 0 Å². The number of carbonyl (C=O) groups excluding carboxylic acids is 1. The second-order valence-electron chi connectivity index (χ2n) is 4.31. The van der Waals surface area contributed by atoms with Gasteiger partial charge in [-0.15, -0.1) is 0 Å². The van der Waals surface area contributed by atoms with Crippen molar-refractivity contribution in [2.45, 2.75) is 25.4 Å². The fourth-order valence-corrected chi connectivity index (χ4v) is 2.23. The molecule has 1 unspecified atom stereocenters. The second-order valence-corrected chi connectivity index (χ2v) is 4.31. The molecule has 1 amide bonds. The summed E-state index contributed by atoms with van der Waals surface area (Å²) in [5, 5.41) is 3.07. The third-order valence-electron chi connectivity index (χ3n) is 3.07. The van der Waals surface area contributed by atoms with Gasteiger partial charge in [0.15, 0.2) is 0 Å². The standard InChI is InChI=1S/C12H18N4O/c1-14-7-9-4-5-11(15-8-9)16-6-2-3-10(16)12(13)17/h4-5,8,10,14H,2-3,6-7H2,1H3,(H2,13,17). The smallest absolute Gasteiger partial charge is 0.240 e. The van der Waals surface area contributed by atoms with Crippen molar-refractivity contribution in [1.82, 2.24) is 10.3 Å². The van der Waals surface area contributed by atoms with E-state index in [-0.39, 0.29) is 11.9 Å². The van der Waals surface area contributed by atoms with E-state index in [0.717, 1.165) is 37.3 Å². The highest BCUT2D eigenvalue weighted by Crippen LogP contribution is 2.23. The first-order chi connectivity index (χ1) is 8.22. The number of amides is 1. The van der Waals surface area contributed by atoms with Crippen LogP contribution in [0, 0.1) is 0 Å². The summed E-state index contributed by atoms with van der Waals surface area (Å²) in [5.41, 5.74) is 6.52. The van der Waals surface area contributed by atoms with Gasteiger partial charge in [0.1, 0.15) is 11.9 Å². The zero-order chi connectivity index (χ0) is 12.3. The first kappa shape index (κ1) is 11.9. The lowest BCUT2D eigenvalue weighted by Gasteiger charge is -2.23. The maximum atomic E-state index is 11.3. The average Bonchev–Trinajstić information content (AvgIpc) is 2.79. The minimum atomic E-state index is -0.261. The van der Waals surface area contributed by atoms with Crippen molar-refractivity contribution in [2.75, 3.05) is 18.5 Å². The molecule has 0 aliphatic carbocycles. The van der Waals surface area contributed by atoms with Gasteiger partial charge in [0.05, 0.1) is 0 Å². The minimum Gasteiger partial charge on any atom is -0.368 e. The van der Waals surface area contributed by atoms with Gasteiger partial charge < -0.3 is 16.0 Å². The summed E-state index contributed by atoms with van der Waals surface area (Å²) in [4.78, 5) is 17.7. The summed E-state index contributed by atoms with van der Waals surface area (Å²) >= 11 is 0. The van der Waals surface area contributed by atoms with Crippen LogP contribution >= 0.6 is 0 Å². The molecule has 2 rings (SSSR count). The maximum absolute atomic E-state index is 11.3. The number of nitrogens with two attached hydrogens (primary N) is 1. The number of primary amides is 1. The molecular weight excluding hydrogens is 216 g/mol. The quantitative estimate of drug-likeness (QED) is 0.783. The van der Waals surface area contributed by atoms with E-state index < -0.39 is 0 Å². The summed E-state index contributed by atoms with van der Waals surface area (Å²) in [6, 6.07) is 3.78. The molecule has 5 nitrogen and oxygen atoms in total. The molecule has 0 bridgehead atoms. The number of rotatable bonds is 4. The Morgan fingerprint density at radius 2 is 2.47 bits per heavy atom. The van der Waals surface area contributed by atoms with Gasteiger partial charge in [-0.05, 0) is 31.5 Å². The molecule has 1 atom stereocenters. The SMILES string of the molecule is CNCc1ccc(N2CCCC2C(N)=O)nc1. The average molecular weight is 234 g/mol. The van der Waals surface area contributed by atoms with Crippen molar-refractivity contribution < 1.29 is 4.79 Å². The van der Waals surface area contributed by atoms with Crippen LogP contribution in [0.5, 0.6) is 0 Å². The summed E-state index contributed by atoms with van der Waals surface area (Å²) in [6.45, 7) is 1.65. The number of anilines is 1. The first-order valence-corrected chi connectivity index (χ1v) is 5.88. The molecule has 0 aromatic carbocycles. The molecule has 1 fully saturated rings. The van der Waals surface area contributed by atoms with Crippen LogP contribution in [0.15, 0.2) is 18.3 Å². The zero-order valence-electron chi connectivity index (χ0n) is 10.0. The summed E-state index contributed by atoms with van der Waals surface area (Å²) < 4.78 is 0. The predicted octanol–water partition coefficient (Wildman–Crippen LogP) is 0.255. The van der Waals surface area contributed by atoms with E-state index in [0.29, 0.717) is 0 Å². The van der Waals surface area contributed by atoms with Crippen LogP contribution in [0.2, 0.25) is 0 Å². The molecule has 1 aromatic heterocycles. The molecule has 1 aliphatic rings. The molecule has 92 valence electrons. The monoisotopic (exact) mass is 234 g/mol. The Balaban J connectivity index is 2.13. The Bertz CT molecular complexity index is 390. The van der Waals surface area contributed by atoms with Crippen LogP contribution in [-0.2, 0) is 11.3 Å². The largest absolute Gasteiger partial charge is 0.368 e. The summed E-state index contributed by atoms with van der Waals surface area (Å²) in [5.74, 6) is 0.578. The molecule has 0 saturated carbocycles. The predicted molar refractivity (Wildman–Crippen MR) is 66.6 cm³/mol. The lowest BCUT2D eigenvalue weighted by atomic mass is 10.2. The molecule has 0 spiro atoms. The summed E-state index contributed by atoms with van der Waals surface area (Å²) in [6.07, 6.45) is 3.66.